The quantitative estimate of drug-likeness (QED) is 0.353. The van der Waals surface area contributed by atoms with Gasteiger partial charge < -0.3 is 0 Å². The van der Waals surface area contributed by atoms with Crippen LogP contribution in [0.15, 0.2) is 71.5 Å². The lowest BCUT2D eigenvalue weighted by Crippen LogP contribution is -2.22. The summed E-state index contributed by atoms with van der Waals surface area (Å²) in [5.74, 6) is 0.624. The molecular formula is C23H22N4OS2. The maximum Gasteiger partial charge on any atom is 0.230 e. The third kappa shape index (κ3) is 4.32. The highest BCUT2D eigenvalue weighted by Gasteiger charge is 2.18. The second kappa shape index (κ2) is 8.85. The number of aryl methyl sites for hydroxylation is 2. The van der Waals surface area contributed by atoms with Gasteiger partial charge in [-0.3, -0.25) is 14.3 Å². The Kier molecular flexibility index (Phi) is 6.01. The fraction of sp³-hybridized carbons (Fsp3) is 0.174. The monoisotopic (exact) mass is 434 g/mol. The number of benzene rings is 2. The van der Waals surface area contributed by atoms with E-state index in [1.165, 1.54) is 22.5 Å². The smallest absolute Gasteiger partial charge is 0.230 e. The minimum Gasteiger partial charge on any atom is -0.295 e. The SMILES string of the molecule is CC(=O)N(c1ccccc1)c1nc(CSc2nccn2-c2ccc(C)c(C)c2)cs1. The summed E-state index contributed by atoms with van der Waals surface area (Å²) in [5.41, 5.74) is 5.38. The zero-order valence-corrected chi connectivity index (χ0v) is 18.7. The Morgan fingerprint density at radius 2 is 1.93 bits per heavy atom. The molecule has 152 valence electrons. The predicted molar refractivity (Wildman–Crippen MR) is 124 cm³/mol. The molecule has 0 saturated heterocycles. The van der Waals surface area contributed by atoms with Crippen molar-refractivity contribution in [1.82, 2.24) is 14.5 Å². The van der Waals surface area contributed by atoms with Gasteiger partial charge in [-0.1, -0.05) is 36.0 Å². The number of para-hydroxylation sites is 1. The molecule has 0 N–H and O–H groups in total. The number of anilines is 2. The lowest BCUT2D eigenvalue weighted by Gasteiger charge is -2.17. The number of hydrogen-bond acceptors (Lipinski definition) is 5. The van der Waals surface area contributed by atoms with Crippen molar-refractivity contribution in [3.63, 3.8) is 0 Å². The summed E-state index contributed by atoms with van der Waals surface area (Å²) in [6.07, 6.45) is 3.79. The summed E-state index contributed by atoms with van der Waals surface area (Å²) in [6, 6.07) is 16.0. The number of thiazole rings is 1. The summed E-state index contributed by atoms with van der Waals surface area (Å²) in [7, 11) is 0. The van der Waals surface area contributed by atoms with Crippen LogP contribution in [0.4, 0.5) is 10.8 Å². The minimum absolute atomic E-state index is 0.0555. The molecule has 0 radical (unpaired) electrons. The highest BCUT2D eigenvalue weighted by Crippen LogP contribution is 2.31. The number of hydrogen-bond donors (Lipinski definition) is 0. The maximum absolute atomic E-state index is 12.2. The summed E-state index contributed by atoms with van der Waals surface area (Å²) in [5, 5.41) is 3.60. The van der Waals surface area contributed by atoms with Crippen LogP contribution in [-0.2, 0) is 10.5 Å². The van der Waals surface area contributed by atoms with Crippen LogP contribution in [0.1, 0.15) is 23.7 Å². The molecule has 0 atom stereocenters. The highest BCUT2D eigenvalue weighted by molar-refractivity contribution is 7.98. The molecule has 0 fully saturated rings. The lowest BCUT2D eigenvalue weighted by molar-refractivity contribution is -0.115. The molecule has 30 heavy (non-hydrogen) atoms. The molecule has 1 amide bonds. The molecule has 4 rings (SSSR count). The van der Waals surface area contributed by atoms with E-state index in [9.17, 15) is 4.79 Å². The van der Waals surface area contributed by atoms with Crippen LogP contribution in [0, 0.1) is 13.8 Å². The first-order valence-corrected chi connectivity index (χ1v) is 11.4. The zero-order chi connectivity index (χ0) is 21.1. The minimum atomic E-state index is -0.0555. The molecule has 0 bridgehead atoms. The number of aromatic nitrogens is 3. The molecule has 2 aromatic carbocycles. The Balaban J connectivity index is 1.51. The van der Waals surface area contributed by atoms with Crippen LogP contribution in [0.3, 0.4) is 0 Å². The number of rotatable bonds is 6. The molecule has 0 aliphatic carbocycles. The molecule has 0 saturated carbocycles. The zero-order valence-electron chi connectivity index (χ0n) is 17.1. The van der Waals surface area contributed by atoms with Gasteiger partial charge in [0.1, 0.15) is 0 Å². The van der Waals surface area contributed by atoms with Crippen molar-refractivity contribution >= 4 is 39.8 Å². The molecule has 0 aliphatic heterocycles. The van der Waals surface area contributed by atoms with Gasteiger partial charge in [0.25, 0.3) is 0 Å². The van der Waals surface area contributed by atoms with Crippen LogP contribution < -0.4 is 4.90 Å². The normalized spacial score (nSPS) is 10.9. The number of thioether (sulfide) groups is 1. The fourth-order valence-corrected chi connectivity index (χ4v) is 4.93. The summed E-state index contributed by atoms with van der Waals surface area (Å²) < 4.78 is 2.09. The average molecular weight is 435 g/mol. The van der Waals surface area contributed by atoms with Gasteiger partial charge in [-0.15, -0.1) is 11.3 Å². The van der Waals surface area contributed by atoms with E-state index in [0.717, 1.165) is 22.2 Å². The molecule has 7 heteroatoms. The number of nitrogens with zero attached hydrogens (tertiary/aromatic N) is 4. The lowest BCUT2D eigenvalue weighted by atomic mass is 10.1. The van der Waals surface area contributed by atoms with E-state index >= 15 is 0 Å². The van der Waals surface area contributed by atoms with Crippen molar-refractivity contribution in [2.24, 2.45) is 0 Å². The van der Waals surface area contributed by atoms with Crippen molar-refractivity contribution in [2.75, 3.05) is 4.90 Å². The standard InChI is InChI=1S/C23H22N4OS2/c1-16-9-10-21(13-17(16)2)26-12-11-24-22(26)29-14-19-15-30-23(25-19)27(18(3)28)20-7-5-4-6-8-20/h4-13,15H,14H2,1-3H3. The Morgan fingerprint density at radius 1 is 1.13 bits per heavy atom. The van der Waals surface area contributed by atoms with Crippen molar-refractivity contribution in [1.29, 1.82) is 0 Å². The van der Waals surface area contributed by atoms with E-state index in [-0.39, 0.29) is 5.91 Å². The van der Waals surface area contributed by atoms with E-state index in [1.54, 1.807) is 23.6 Å². The summed E-state index contributed by atoms with van der Waals surface area (Å²) >= 11 is 3.11. The average Bonchev–Trinajstić information content (AvgIpc) is 3.39. The fourth-order valence-electron chi connectivity index (χ4n) is 3.08. The van der Waals surface area contributed by atoms with Crippen LogP contribution >= 0.6 is 23.1 Å². The van der Waals surface area contributed by atoms with E-state index in [1.807, 2.05) is 48.1 Å². The van der Waals surface area contributed by atoms with Crippen molar-refractivity contribution in [3.8, 4) is 5.69 Å². The Bertz CT molecular complexity index is 1170. The molecule has 0 spiro atoms. The maximum atomic E-state index is 12.2. The van der Waals surface area contributed by atoms with Gasteiger partial charge >= 0.3 is 0 Å². The number of amides is 1. The second-order valence-corrected chi connectivity index (χ2v) is 8.73. The number of carbonyl (C=O) groups excluding carboxylic acids is 1. The van der Waals surface area contributed by atoms with E-state index in [2.05, 4.69) is 41.6 Å². The van der Waals surface area contributed by atoms with Gasteiger partial charge in [-0.2, -0.15) is 0 Å². The molecule has 2 aromatic heterocycles. The van der Waals surface area contributed by atoms with Gasteiger partial charge in [-0.05, 0) is 49.2 Å². The van der Waals surface area contributed by atoms with Gasteiger partial charge in [-0.25, -0.2) is 9.97 Å². The number of imidazole rings is 1. The van der Waals surface area contributed by atoms with Crippen LogP contribution in [-0.4, -0.2) is 20.4 Å². The largest absolute Gasteiger partial charge is 0.295 e. The number of carbonyl (C=O) groups is 1. The molecular weight excluding hydrogens is 412 g/mol. The second-order valence-electron chi connectivity index (χ2n) is 6.95. The van der Waals surface area contributed by atoms with Crippen LogP contribution in [0.25, 0.3) is 5.69 Å². The summed E-state index contributed by atoms with van der Waals surface area (Å²) in [4.78, 5) is 23.1. The van der Waals surface area contributed by atoms with E-state index < -0.39 is 0 Å². The predicted octanol–water partition coefficient (Wildman–Crippen LogP) is 5.92. The third-order valence-electron chi connectivity index (χ3n) is 4.78. The molecule has 0 unspecified atom stereocenters. The molecule has 2 heterocycles. The molecule has 0 aliphatic rings. The van der Waals surface area contributed by atoms with Gasteiger partial charge in [0.05, 0.1) is 11.4 Å². The first-order chi connectivity index (χ1) is 14.5. The van der Waals surface area contributed by atoms with Crippen molar-refractivity contribution in [3.05, 3.63) is 83.1 Å². The summed E-state index contributed by atoms with van der Waals surface area (Å²) in [6.45, 7) is 5.79. The Hall–Kier alpha value is -2.90. The van der Waals surface area contributed by atoms with Crippen molar-refractivity contribution < 1.29 is 4.79 Å². The first kappa shape index (κ1) is 20.4. The van der Waals surface area contributed by atoms with E-state index in [0.29, 0.717) is 10.9 Å². The molecule has 5 nitrogen and oxygen atoms in total. The van der Waals surface area contributed by atoms with Crippen molar-refractivity contribution in [2.45, 2.75) is 31.7 Å². The van der Waals surface area contributed by atoms with Crippen LogP contribution in [0.5, 0.6) is 0 Å². The first-order valence-electron chi connectivity index (χ1n) is 9.57. The topological polar surface area (TPSA) is 51.0 Å². The van der Waals surface area contributed by atoms with E-state index in [4.69, 9.17) is 4.98 Å². The van der Waals surface area contributed by atoms with Gasteiger partial charge in [0.2, 0.25) is 5.91 Å². The van der Waals surface area contributed by atoms with Crippen LogP contribution in [0.2, 0.25) is 0 Å². The molecule has 4 aromatic rings. The van der Waals surface area contributed by atoms with Gasteiger partial charge in [0, 0.05) is 36.1 Å². The Labute approximate surface area is 184 Å². The highest BCUT2D eigenvalue weighted by atomic mass is 32.2. The van der Waals surface area contributed by atoms with Gasteiger partial charge in [0.15, 0.2) is 10.3 Å². The Morgan fingerprint density at radius 3 is 2.67 bits per heavy atom. The third-order valence-corrected chi connectivity index (χ3v) is 6.66.